The topological polar surface area (TPSA) is 154 Å². The van der Waals surface area contributed by atoms with Gasteiger partial charge in [0.2, 0.25) is 5.78 Å². The SMILES string of the molecule is C[C@@H]1[C@H](O)C(=O)[C@@H]2[C@@H]3[C@H](OOC2(C)C)[C@H](CO)C[C@]2(O)C(=O)[C@](C)(O)C=C2[C@]31O. The highest BCUT2D eigenvalue weighted by Crippen LogP contribution is 2.60. The fourth-order valence-corrected chi connectivity index (χ4v) is 6.03. The van der Waals surface area contributed by atoms with Crippen molar-refractivity contribution in [2.75, 3.05) is 6.61 Å². The Morgan fingerprint density at radius 2 is 1.79 bits per heavy atom. The lowest BCUT2D eigenvalue weighted by molar-refractivity contribution is -0.444. The summed E-state index contributed by atoms with van der Waals surface area (Å²) in [6.07, 6.45) is -1.82. The molecule has 5 N–H and O–H groups in total. The lowest BCUT2D eigenvalue weighted by Crippen LogP contribution is -2.71. The maximum absolute atomic E-state index is 13.1. The van der Waals surface area contributed by atoms with Crippen molar-refractivity contribution in [2.45, 2.75) is 68.7 Å². The Kier molecular flexibility index (Phi) is 4.31. The van der Waals surface area contributed by atoms with Crippen LogP contribution in [0, 0.1) is 23.7 Å². The zero-order valence-corrected chi connectivity index (χ0v) is 16.8. The van der Waals surface area contributed by atoms with Gasteiger partial charge in [0.1, 0.15) is 29.0 Å². The quantitative estimate of drug-likeness (QED) is 0.260. The average molecular weight is 412 g/mol. The number of hydrogen-bond donors (Lipinski definition) is 5. The highest BCUT2D eigenvalue weighted by molar-refractivity contribution is 6.03. The number of Topliss-reactive ketones (excluding diaryl/α,β-unsaturated/α-hetero) is 2. The smallest absolute Gasteiger partial charge is 0.203 e. The fraction of sp³-hybridized carbons (Fsp3) is 0.800. The lowest BCUT2D eigenvalue weighted by atomic mass is 9.53. The van der Waals surface area contributed by atoms with E-state index in [1.165, 1.54) is 13.8 Å². The van der Waals surface area contributed by atoms with E-state index >= 15 is 0 Å². The first-order valence-electron chi connectivity index (χ1n) is 9.86. The molecule has 1 heterocycles. The summed E-state index contributed by atoms with van der Waals surface area (Å²) in [4.78, 5) is 37.0. The van der Waals surface area contributed by atoms with E-state index in [0.717, 1.165) is 6.08 Å². The normalized spacial score (nSPS) is 53.8. The van der Waals surface area contributed by atoms with E-state index < -0.39 is 76.5 Å². The van der Waals surface area contributed by atoms with Gasteiger partial charge in [-0.25, -0.2) is 9.78 Å². The lowest BCUT2D eigenvalue weighted by Gasteiger charge is -2.58. The predicted octanol–water partition coefficient (Wildman–Crippen LogP) is -1.36. The van der Waals surface area contributed by atoms with E-state index in [9.17, 15) is 35.1 Å². The number of ketones is 2. The van der Waals surface area contributed by atoms with Gasteiger partial charge in [-0.3, -0.25) is 9.59 Å². The van der Waals surface area contributed by atoms with Gasteiger partial charge in [0.15, 0.2) is 11.4 Å². The molecule has 4 rings (SSSR count). The Bertz CT molecular complexity index is 802. The molecule has 0 bridgehead atoms. The molecule has 162 valence electrons. The summed E-state index contributed by atoms with van der Waals surface area (Å²) in [5.41, 5.74) is -7.76. The van der Waals surface area contributed by atoms with E-state index in [2.05, 4.69) is 0 Å². The van der Waals surface area contributed by atoms with Gasteiger partial charge in [-0.15, -0.1) is 0 Å². The number of aliphatic hydroxyl groups is 5. The van der Waals surface area contributed by atoms with Crippen LogP contribution in [0.25, 0.3) is 0 Å². The zero-order valence-electron chi connectivity index (χ0n) is 16.8. The molecule has 0 aromatic rings. The first-order chi connectivity index (χ1) is 13.2. The minimum absolute atomic E-state index is 0.156. The number of fused-ring (bicyclic) bond motifs is 2. The second kappa shape index (κ2) is 5.94. The largest absolute Gasteiger partial charge is 0.396 e. The third kappa shape index (κ3) is 2.40. The monoisotopic (exact) mass is 412 g/mol. The Hall–Kier alpha value is -1.20. The van der Waals surface area contributed by atoms with Crippen molar-refractivity contribution in [2.24, 2.45) is 23.7 Å². The van der Waals surface area contributed by atoms with E-state index in [1.807, 2.05) is 0 Å². The highest BCUT2D eigenvalue weighted by atomic mass is 17.2. The molecular formula is C20H28O9. The van der Waals surface area contributed by atoms with Gasteiger partial charge < -0.3 is 25.5 Å². The minimum Gasteiger partial charge on any atom is -0.396 e. The van der Waals surface area contributed by atoms with Crippen LogP contribution in [0.1, 0.15) is 34.1 Å². The molecule has 0 spiro atoms. The average Bonchev–Trinajstić information content (AvgIpc) is 2.77. The second-order valence-electron chi connectivity index (χ2n) is 9.75. The summed E-state index contributed by atoms with van der Waals surface area (Å²) in [6, 6.07) is 0. The number of carbonyl (C=O) groups excluding carboxylic acids is 2. The molecule has 1 saturated heterocycles. The van der Waals surface area contributed by atoms with E-state index in [1.54, 1.807) is 13.8 Å². The highest BCUT2D eigenvalue weighted by Gasteiger charge is 2.74. The first-order valence-corrected chi connectivity index (χ1v) is 9.86. The van der Waals surface area contributed by atoms with Crippen LogP contribution < -0.4 is 0 Å². The van der Waals surface area contributed by atoms with Gasteiger partial charge >= 0.3 is 0 Å². The summed E-state index contributed by atoms with van der Waals surface area (Å²) in [6.45, 7) is 5.33. The van der Waals surface area contributed by atoms with Gasteiger partial charge in [-0.1, -0.05) is 6.92 Å². The first kappa shape index (κ1) is 21.0. The van der Waals surface area contributed by atoms with Crippen LogP contribution in [-0.4, -0.2) is 78.3 Å². The molecule has 2 saturated carbocycles. The summed E-state index contributed by atoms with van der Waals surface area (Å²) >= 11 is 0. The molecule has 9 heteroatoms. The molecule has 0 aromatic carbocycles. The van der Waals surface area contributed by atoms with Gasteiger partial charge in [0, 0.05) is 29.9 Å². The van der Waals surface area contributed by atoms with Crippen molar-refractivity contribution in [3.63, 3.8) is 0 Å². The van der Waals surface area contributed by atoms with Crippen LogP contribution in [0.4, 0.5) is 0 Å². The van der Waals surface area contributed by atoms with Crippen molar-refractivity contribution in [1.82, 2.24) is 0 Å². The zero-order chi connectivity index (χ0) is 21.7. The van der Waals surface area contributed by atoms with E-state index in [0.29, 0.717) is 0 Å². The molecule has 3 aliphatic carbocycles. The van der Waals surface area contributed by atoms with Crippen molar-refractivity contribution >= 4 is 11.6 Å². The second-order valence-corrected chi connectivity index (χ2v) is 9.75. The van der Waals surface area contributed by atoms with Gasteiger partial charge in [0.25, 0.3) is 0 Å². The summed E-state index contributed by atoms with van der Waals surface area (Å²) < 4.78 is 0. The summed E-state index contributed by atoms with van der Waals surface area (Å²) in [5, 5.41) is 54.7. The Balaban J connectivity index is 2.03. The molecule has 9 atom stereocenters. The number of hydrogen-bond acceptors (Lipinski definition) is 9. The standard InChI is InChI=1S/C20H28O9/c1-8-13(22)14(23)11-12-15(28-29-17(11,2)3)9(7-21)5-19(26)10(20(8,12)27)6-18(4,25)16(19)24/h6,8-9,11-13,15,21-22,25-27H,5,7H2,1-4H3/t8-,9+,11+,12-,13+,15-,18-,19-,20+/m1/s1. The number of aliphatic hydroxyl groups excluding tert-OH is 2. The van der Waals surface area contributed by atoms with Crippen LogP contribution in [0.2, 0.25) is 0 Å². The molecule has 0 amide bonds. The van der Waals surface area contributed by atoms with Gasteiger partial charge in [-0.05, 0) is 33.3 Å². The molecule has 0 radical (unpaired) electrons. The fourth-order valence-electron chi connectivity index (χ4n) is 6.03. The Labute approximate surface area is 167 Å². The van der Waals surface area contributed by atoms with Crippen molar-refractivity contribution in [3.8, 4) is 0 Å². The van der Waals surface area contributed by atoms with Gasteiger partial charge in [0.05, 0.1) is 5.92 Å². The van der Waals surface area contributed by atoms with Crippen LogP contribution in [-0.2, 0) is 19.4 Å². The molecule has 29 heavy (non-hydrogen) atoms. The maximum atomic E-state index is 13.1. The molecule has 4 aliphatic rings. The maximum Gasteiger partial charge on any atom is 0.203 e. The third-order valence-corrected chi connectivity index (χ3v) is 7.50. The van der Waals surface area contributed by atoms with Crippen molar-refractivity contribution in [1.29, 1.82) is 0 Å². The van der Waals surface area contributed by atoms with Crippen molar-refractivity contribution in [3.05, 3.63) is 11.6 Å². The van der Waals surface area contributed by atoms with Crippen LogP contribution in [0.15, 0.2) is 11.6 Å². The minimum atomic E-state index is -2.28. The number of rotatable bonds is 1. The Morgan fingerprint density at radius 1 is 1.17 bits per heavy atom. The van der Waals surface area contributed by atoms with Crippen LogP contribution in [0.3, 0.4) is 0 Å². The molecule has 3 fully saturated rings. The van der Waals surface area contributed by atoms with Gasteiger partial charge in [-0.2, -0.15) is 0 Å². The molecule has 0 unspecified atom stereocenters. The Morgan fingerprint density at radius 3 is 2.38 bits per heavy atom. The molecule has 0 aromatic heterocycles. The van der Waals surface area contributed by atoms with Crippen molar-refractivity contribution < 1.29 is 44.9 Å². The predicted molar refractivity (Wildman–Crippen MR) is 96.0 cm³/mol. The summed E-state index contributed by atoms with van der Waals surface area (Å²) in [5.74, 6) is -5.49. The number of carbonyl (C=O) groups is 2. The van der Waals surface area contributed by atoms with Crippen LogP contribution in [0.5, 0.6) is 0 Å². The summed E-state index contributed by atoms with van der Waals surface area (Å²) in [7, 11) is 0. The third-order valence-electron chi connectivity index (χ3n) is 7.50. The molecule has 1 aliphatic heterocycles. The molecule has 9 nitrogen and oxygen atoms in total. The van der Waals surface area contributed by atoms with E-state index in [4.69, 9.17) is 9.78 Å². The van der Waals surface area contributed by atoms with Crippen LogP contribution >= 0.6 is 0 Å². The molecular weight excluding hydrogens is 384 g/mol. The van der Waals surface area contributed by atoms with E-state index in [-0.39, 0.29) is 12.0 Å².